The predicted octanol–water partition coefficient (Wildman–Crippen LogP) is 5.42. The maximum absolute atomic E-state index is 13.3. The number of thiazole rings is 1. The van der Waals surface area contributed by atoms with Crippen LogP contribution in [0.1, 0.15) is 22.4 Å². The van der Waals surface area contributed by atoms with Crippen LogP contribution in [0.5, 0.6) is 5.75 Å². The third-order valence-corrected chi connectivity index (χ3v) is 7.73. The highest BCUT2D eigenvalue weighted by Crippen LogP contribution is 2.27. The number of imidazole rings is 1. The molecule has 0 aliphatic heterocycles. The summed E-state index contributed by atoms with van der Waals surface area (Å²) < 4.78 is 10.8. The number of rotatable bonds is 5. The molecule has 0 saturated heterocycles. The number of benzene rings is 3. The van der Waals surface area contributed by atoms with Crippen molar-refractivity contribution in [1.29, 1.82) is 0 Å². The average molecular weight is 480 g/mol. The highest BCUT2D eigenvalue weighted by atomic mass is 32.1. The monoisotopic (exact) mass is 479 g/mol. The summed E-state index contributed by atoms with van der Waals surface area (Å²) in [5.41, 5.74) is 7.49. The van der Waals surface area contributed by atoms with E-state index < -0.39 is 0 Å². The first-order valence-corrected chi connectivity index (χ1v) is 12.5. The first kappa shape index (κ1) is 21.6. The summed E-state index contributed by atoms with van der Waals surface area (Å²) in [6.45, 7) is 7.60. The molecule has 0 N–H and O–H groups in total. The SMILES string of the molecule is Cc1ccc(OCCn2c(C)c(/C=c3\sc4nc5ccccc5n4c3=O)c3ccccc32)cc1C. The highest BCUT2D eigenvalue weighted by Gasteiger charge is 2.15. The number of aromatic nitrogens is 3. The second-order valence-corrected chi connectivity index (χ2v) is 9.91. The maximum Gasteiger partial charge on any atom is 0.274 e. The molecule has 0 amide bonds. The van der Waals surface area contributed by atoms with Gasteiger partial charge in [-0.15, -0.1) is 0 Å². The van der Waals surface area contributed by atoms with Gasteiger partial charge in [-0.1, -0.05) is 47.7 Å². The van der Waals surface area contributed by atoms with Gasteiger partial charge in [-0.05, 0) is 68.3 Å². The molecule has 0 atom stereocenters. The van der Waals surface area contributed by atoms with E-state index in [-0.39, 0.29) is 5.56 Å². The van der Waals surface area contributed by atoms with Crippen LogP contribution >= 0.6 is 11.3 Å². The Bertz CT molecular complexity index is 1840. The Labute approximate surface area is 206 Å². The molecule has 0 saturated carbocycles. The van der Waals surface area contributed by atoms with Crippen molar-refractivity contribution < 1.29 is 4.74 Å². The molecule has 6 heteroatoms. The molecule has 3 heterocycles. The number of fused-ring (bicyclic) bond motifs is 4. The van der Waals surface area contributed by atoms with Crippen molar-refractivity contribution in [3.05, 3.63) is 104 Å². The Balaban J connectivity index is 1.40. The van der Waals surface area contributed by atoms with E-state index in [0.717, 1.165) is 50.4 Å². The summed E-state index contributed by atoms with van der Waals surface area (Å²) >= 11 is 1.44. The van der Waals surface area contributed by atoms with Gasteiger partial charge in [0, 0.05) is 22.2 Å². The minimum absolute atomic E-state index is 0.0204. The van der Waals surface area contributed by atoms with Crippen LogP contribution in [0, 0.1) is 20.8 Å². The molecular formula is C29H25N3O2S. The smallest absolute Gasteiger partial charge is 0.274 e. The van der Waals surface area contributed by atoms with Gasteiger partial charge in [-0.25, -0.2) is 9.38 Å². The zero-order valence-electron chi connectivity index (χ0n) is 19.9. The van der Waals surface area contributed by atoms with Gasteiger partial charge in [0.25, 0.3) is 5.56 Å². The molecule has 0 fully saturated rings. The van der Waals surface area contributed by atoms with Gasteiger partial charge in [0.15, 0.2) is 4.96 Å². The fourth-order valence-electron chi connectivity index (χ4n) is 4.73. The van der Waals surface area contributed by atoms with Crippen molar-refractivity contribution in [2.75, 3.05) is 6.61 Å². The molecule has 6 rings (SSSR count). The van der Waals surface area contributed by atoms with Gasteiger partial charge in [0.2, 0.25) is 0 Å². The number of para-hydroxylation sites is 3. The lowest BCUT2D eigenvalue weighted by atomic mass is 10.1. The summed E-state index contributed by atoms with van der Waals surface area (Å²) in [5.74, 6) is 0.888. The van der Waals surface area contributed by atoms with Gasteiger partial charge < -0.3 is 9.30 Å². The molecule has 0 spiro atoms. The zero-order chi connectivity index (χ0) is 24.1. The van der Waals surface area contributed by atoms with Crippen LogP contribution in [0.15, 0.2) is 71.5 Å². The number of aryl methyl sites for hydroxylation is 2. The predicted molar refractivity (Wildman–Crippen MR) is 144 cm³/mol. The van der Waals surface area contributed by atoms with E-state index in [1.54, 1.807) is 4.40 Å². The Hall–Kier alpha value is -3.90. The van der Waals surface area contributed by atoms with Crippen molar-refractivity contribution in [2.24, 2.45) is 0 Å². The minimum Gasteiger partial charge on any atom is -0.492 e. The molecule has 3 aromatic heterocycles. The molecule has 5 nitrogen and oxygen atoms in total. The quantitative estimate of drug-likeness (QED) is 0.332. The molecule has 6 aromatic rings. The van der Waals surface area contributed by atoms with E-state index in [4.69, 9.17) is 4.74 Å². The van der Waals surface area contributed by atoms with Crippen LogP contribution in [0.4, 0.5) is 0 Å². The van der Waals surface area contributed by atoms with Crippen LogP contribution in [0.2, 0.25) is 0 Å². The zero-order valence-corrected chi connectivity index (χ0v) is 20.7. The topological polar surface area (TPSA) is 48.5 Å². The van der Waals surface area contributed by atoms with Gasteiger partial charge in [0.1, 0.15) is 12.4 Å². The molecule has 35 heavy (non-hydrogen) atoms. The molecule has 0 radical (unpaired) electrons. The summed E-state index contributed by atoms with van der Waals surface area (Å²) in [5, 5.41) is 1.13. The standard InChI is InChI=1S/C29H25N3O2S/c1-18-12-13-21(16-19(18)2)34-15-14-31-20(3)23(22-8-4-6-10-25(22)31)17-27-28(33)32-26-11-7-5-9-24(26)30-29(32)35-27/h4-13,16-17H,14-15H2,1-3H3/b27-17-. The van der Waals surface area contributed by atoms with Crippen LogP contribution in [-0.4, -0.2) is 20.6 Å². The number of hydrogen-bond acceptors (Lipinski definition) is 4. The van der Waals surface area contributed by atoms with Crippen molar-refractivity contribution >= 4 is 44.3 Å². The fourth-order valence-corrected chi connectivity index (χ4v) is 5.70. The minimum atomic E-state index is -0.0204. The number of hydrogen-bond donors (Lipinski definition) is 0. The van der Waals surface area contributed by atoms with Crippen molar-refractivity contribution in [1.82, 2.24) is 14.0 Å². The number of ether oxygens (including phenoxy) is 1. The highest BCUT2D eigenvalue weighted by molar-refractivity contribution is 7.15. The van der Waals surface area contributed by atoms with E-state index in [1.165, 1.54) is 22.5 Å². The Kier molecular flexibility index (Phi) is 5.19. The molecule has 0 unspecified atom stereocenters. The average Bonchev–Trinajstić information content (AvgIpc) is 3.46. The number of nitrogens with zero attached hydrogens (tertiary/aromatic N) is 3. The Morgan fingerprint density at radius 1 is 0.943 bits per heavy atom. The van der Waals surface area contributed by atoms with Crippen molar-refractivity contribution in [3.63, 3.8) is 0 Å². The van der Waals surface area contributed by atoms with Gasteiger partial charge in [-0.3, -0.25) is 4.79 Å². The summed E-state index contributed by atoms with van der Waals surface area (Å²) in [4.78, 5) is 18.7. The molecule has 0 aliphatic rings. The van der Waals surface area contributed by atoms with Gasteiger partial charge in [-0.2, -0.15) is 0 Å². The maximum atomic E-state index is 13.3. The van der Waals surface area contributed by atoms with Crippen LogP contribution < -0.4 is 14.8 Å². The largest absolute Gasteiger partial charge is 0.492 e. The molecular weight excluding hydrogens is 454 g/mol. The lowest BCUT2D eigenvalue weighted by molar-refractivity contribution is 0.299. The van der Waals surface area contributed by atoms with Crippen LogP contribution in [0.3, 0.4) is 0 Å². The molecule has 174 valence electrons. The first-order chi connectivity index (χ1) is 17.0. The first-order valence-electron chi connectivity index (χ1n) is 11.7. The van der Waals surface area contributed by atoms with Gasteiger partial charge >= 0.3 is 0 Å². The van der Waals surface area contributed by atoms with E-state index in [0.29, 0.717) is 11.1 Å². The Morgan fingerprint density at radius 2 is 1.71 bits per heavy atom. The van der Waals surface area contributed by atoms with E-state index >= 15 is 0 Å². The second kappa shape index (κ2) is 8.40. The van der Waals surface area contributed by atoms with E-state index in [2.05, 4.69) is 60.7 Å². The normalized spacial score (nSPS) is 12.4. The van der Waals surface area contributed by atoms with Crippen LogP contribution in [0.25, 0.3) is 33.0 Å². The molecule has 0 bridgehead atoms. The summed E-state index contributed by atoms with van der Waals surface area (Å²) in [7, 11) is 0. The van der Waals surface area contributed by atoms with Crippen molar-refractivity contribution in [3.8, 4) is 5.75 Å². The van der Waals surface area contributed by atoms with E-state index in [1.807, 2.05) is 42.5 Å². The van der Waals surface area contributed by atoms with Gasteiger partial charge in [0.05, 0.1) is 22.1 Å². The third-order valence-electron chi connectivity index (χ3n) is 6.76. The molecule has 3 aromatic carbocycles. The Morgan fingerprint density at radius 3 is 2.54 bits per heavy atom. The van der Waals surface area contributed by atoms with Crippen molar-refractivity contribution in [2.45, 2.75) is 27.3 Å². The fraction of sp³-hybridized carbons (Fsp3) is 0.172. The lowest BCUT2D eigenvalue weighted by Crippen LogP contribution is -2.22. The van der Waals surface area contributed by atoms with Crippen LogP contribution in [-0.2, 0) is 6.54 Å². The van der Waals surface area contributed by atoms with E-state index in [9.17, 15) is 4.79 Å². The lowest BCUT2D eigenvalue weighted by Gasteiger charge is -2.11. The second-order valence-electron chi connectivity index (χ2n) is 8.90. The molecule has 0 aliphatic carbocycles. The summed E-state index contributed by atoms with van der Waals surface area (Å²) in [6, 6.07) is 22.3. The third kappa shape index (κ3) is 3.61. The summed E-state index contributed by atoms with van der Waals surface area (Å²) in [6.07, 6.45) is 2.02.